The molecule has 0 aromatic heterocycles. The van der Waals surface area contributed by atoms with E-state index >= 15 is 0 Å². The molecule has 0 aliphatic carbocycles. The largest absolute Gasteiger partial charge is 0.376 e. The Bertz CT molecular complexity index is 776. The second kappa shape index (κ2) is 8.74. The summed E-state index contributed by atoms with van der Waals surface area (Å²) < 4.78 is 0. The van der Waals surface area contributed by atoms with Crippen LogP contribution in [-0.2, 0) is 4.79 Å². The number of hydrogen-bond acceptors (Lipinski definition) is 4. The topological polar surface area (TPSA) is 68.2 Å². The summed E-state index contributed by atoms with van der Waals surface area (Å²) in [5, 5.41) is 14.9. The van der Waals surface area contributed by atoms with Crippen molar-refractivity contribution in [1.82, 2.24) is 0 Å². The van der Waals surface area contributed by atoms with E-state index in [0.29, 0.717) is 5.56 Å². The van der Waals surface area contributed by atoms with Crippen LogP contribution in [0.4, 0.5) is 17.1 Å². The van der Waals surface area contributed by atoms with E-state index in [1.807, 2.05) is 25.1 Å². The molecule has 2 N–H and O–H groups in total. The molecule has 130 valence electrons. The minimum atomic E-state index is -0.124. The SMILES string of the molecule is CCN(CC)c1ccc(NC(=O)CNc2cccc(C#N)c2)c(C)c1. The standard InChI is InChI=1S/C20H24N4O/c1-4-24(5-2)18-9-10-19(15(3)11-18)23-20(25)14-22-17-8-6-7-16(12-17)13-21/h6-12,22H,4-5,14H2,1-3H3,(H,23,25). The molecule has 25 heavy (non-hydrogen) atoms. The van der Waals surface area contributed by atoms with Crippen molar-refractivity contribution in [1.29, 1.82) is 5.26 Å². The van der Waals surface area contributed by atoms with Gasteiger partial charge in [-0.2, -0.15) is 5.26 Å². The molecule has 0 aliphatic heterocycles. The molecule has 0 fully saturated rings. The molecule has 2 aromatic rings. The number of aryl methyl sites for hydroxylation is 1. The van der Waals surface area contributed by atoms with Gasteiger partial charge in [-0.05, 0) is 62.7 Å². The summed E-state index contributed by atoms with van der Waals surface area (Å²) in [5.41, 5.74) is 4.32. The summed E-state index contributed by atoms with van der Waals surface area (Å²) in [5.74, 6) is -0.124. The highest BCUT2D eigenvalue weighted by Gasteiger charge is 2.08. The lowest BCUT2D eigenvalue weighted by Gasteiger charge is -2.22. The molecule has 0 spiro atoms. The van der Waals surface area contributed by atoms with Gasteiger partial charge in [0.15, 0.2) is 0 Å². The fourth-order valence-corrected chi connectivity index (χ4v) is 2.65. The molecule has 0 radical (unpaired) electrons. The molecule has 0 bridgehead atoms. The summed E-state index contributed by atoms with van der Waals surface area (Å²) in [7, 11) is 0. The molecule has 0 saturated heterocycles. The first-order chi connectivity index (χ1) is 12.1. The third kappa shape index (κ3) is 4.98. The quantitative estimate of drug-likeness (QED) is 0.808. The van der Waals surface area contributed by atoms with Crippen molar-refractivity contribution in [2.45, 2.75) is 20.8 Å². The number of amides is 1. The number of carbonyl (C=O) groups is 1. The van der Waals surface area contributed by atoms with Gasteiger partial charge in [-0.15, -0.1) is 0 Å². The lowest BCUT2D eigenvalue weighted by atomic mass is 10.1. The van der Waals surface area contributed by atoms with E-state index in [2.05, 4.69) is 41.5 Å². The van der Waals surface area contributed by atoms with Gasteiger partial charge in [0.1, 0.15) is 0 Å². The van der Waals surface area contributed by atoms with Gasteiger partial charge in [-0.3, -0.25) is 4.79 Å². The van der Waals surface area contributed by atoms with Crippen molar-refractivity contribution >= 4 is 23.0 Å². The van der Waals surface area contributed by atoms with Crippen molar-refractivity contribution in [2.24, 2.45) is 0 Å². The molecule has 1 amide bonds. The number of rotatable bonds is 7. The van der Waals surface area contributed by atoms with Gasteiger partial charge in [-0.25, -0.2) is 0 Å². The van der Waals surface area contributed by atoms with E-state index in [-0.39, 0.29) is 12.5 Å². The Kier molecular flexibility index (Phi) is 6.41. The second-order valence-corrected chi connectivity index (χ2v) is 5.77. The maximum absolute atomic E-state index is 12.2. The Balaban J connectivity index is 1.97. The molecular weight excluding hydrogens is 312 g/mol. The van der Waals surface area contributed by atoms with Gasteiger partial charge < -0.3 is 15.5 Å². The van der Waals surface area contributed by atoms with Gasteiger partial charge >= 0.3 is 0 Å². The fraction of sp³-hybridized carbons (Fsp3) is 0.300. The van der Waals surface area contributed by atoms with Crippen LogP contribution in [-0.4, -0.2) is 25.5 Å². The number of benzene rings is 2. The smallest absolute Gasteiger partial charge is 0.243 e. The van der Waals surface area contributed by atoms with Crippen LogP contribution in [0.2, 0.25) is 0 Å². The van der Waals surface area contributed by atoms with Crippen LogP contribution in [0.3, 0.4) is 0 Å². The Morgan fingerprint density at radius 2 is 1.92 bits per heavy atom. The van der Waals surface area contributed by atoms with Crippen LogP contribution in [0, 0.1) is 18.3 Å². The van der Waals surface area contributed by atoms with Crippen molar-refractivity contribution < 1.29 is 4.79 Å². The third-order valence-electron chi connectivity index (χ3n) is 4.06. The summed E-state index contributed by atoms with van der Waals surface area (Å²) in [6, 6.07) is 15.2. The van der Waals surface area contributed by atoms with Gasteiger partial charge in [0.25, 0.3) is 0 Å². The zero-order valence-corrected chi connectivity index (χ0v) is 15.0. The number of anilines is 3. The Labute approximate surface area is 149 Å². The minimum absolute atomic E-state index is 0.124. The predicted octanol–water partition coefficient (Wildman–Crippen LogP) is 3.76. The van der Waals surface area contributed by atoms with Crippen molar-refractivity contribution in [3.8, 4) is 6.07 Å². The molecule has 0 aliphatic rings. The normalized spacial score (nSPS) is 10.0. The molecule has 2 rings (SSSR count). The van der Waals surface area contributed by atoms with E-state index in [0.717, 1.165) is 35.7 Å². The summed E-state index contributed by atoms with van der Waals surface area (Å²) in [6.45, 7) is 8.29. The van der Waals surface area contributed by atoms with Crippen LogP contribution >= 0.6 is 0 Å². The molecular formula is C20H24N4O. The van der Waals surface area contributed by atoms with E-state index in [1.54, 1.807) is 18.2 Å². The minimum Gasteiger partial charge on any atom is -0.376 e. The number of hydrogen-bond donors (Lipinski definition) is 2. The Hall–Kier alpha value is -3.00. The van der Waals surface area contributed by atoms with Gasteiger partial charge in [0.05, 0.1) is 18.2 Å². The van der Waals surface area contributed by atoms with E-state index in [1.165, 1.54) is 0 Å². The summed E-state index contributed by atoms with van der Waals surface area (Å²) in [4.78, 5) is 14.4. The first kappa shape index (κ1) is 18.3. The Morgan fingerprint density at radius 3 is 2.56 bits per heavy atom. The predicted molar refractivity (Wildman–Crippen MR) is 103 cm³/mol. The first-order valence-electron chi connectivity index (χ1n) is 8.46. The molecule has 0 atom stereocenters. The molecule has 5 heteroatoms. The van der Waals surface area contributed by atoms with Crippen LogP contribution in [0.5, 0.6) is 0 Å². The zero-order chi connectivity index (χ0) is 18.2. The fourth-order valence-electron chi connectivity index (χ4n) is 2.65. The van der Waals surface area contributed by atoms with Crippen LogP contribution < -0.4 is 15.5 Å². The van der Waals surface area contributed by atoms with Crippen LogP contribution in [0.1, 0.15) is 25.0 Å². The third-order valence-corrected chi connectivity index (χ3v) is 4.06. The molecule has 0 unspecified atom stereocenters. The lowest BCUT2D eigenvalue weighted by molar-refractivity contribution is -0.114. The monoisotopic (exact) mass is 336 g/mol. The highest BCUT2D eigenvalue weighted by Crippen LogP contribution is 2.22. The molecule has 2 aromatic carbocycles. The molecule has 5 nitrogen and oxygen atoms in total. The number of nitrogens with one attached hydrogen (secondary N) is 2. The van der Waals surface area contributed by atoms with Gasteiger partial charge in [0.2, 0.25) is 5.91 Å². The van der Waals surface area contributed by atoms with Crippen molar-refractivity contribution in [2.75, 3.05) is 35.2 Å². The Morgan fingerprint density at radius 1 is 1.16 bits per heavy atom. The number of nitriles is 1. The summed E-state index contributed by atoms with van der Waals surface area (Å²) >= 11 is 0. The molecule has 0 saturated carbocycles. The maximum Gasteiger partial charge on any atom is 0.243 e. The van der Waals surface area contributed by atoms with Crippen molar-refractivity contribution in [3.63, 3.8) is 0 Å². The average Bonchev–Trinajstić information content (AvgIpc) is 2.63. The highest BCUT2D eigenvalue weighted by molar-refractivity contribution is 5.94. The summed E-state index contributed by atoms with van der Waals surface area (Å²) in [6.07, 6.45) is 0. The van der Waals surface area contributed by atoms with Gasteiger partial charge in [0, 0.05) is 30.2 Å². The number of carbonyl (C=O) groups excluding carboxylic acids is 1. The lowest BCUT2D eigenvalue weighted by Crippen LogP contribution is -2.23. The first-order valence-corrected chi connectivity index (χ1v) is 8.46. The van der Waals surface area contributed by atoms with E-state index in [4.69, 9.17) is 5.26 Å². The van der Waals surface area contributed by atoms with Crippen LogP contribution in [0.15, 0.2) is 42.5 Å². The van der Waals surface area contributed by atoms with Gasteiger partial charge in [-0.1, -0.05) is 6.07 Å². The van der Waals surface area contributed by atoms with Crippen LogP contribution in [0.25, 0.3) is 0 Å². The van der Waals surface area contributed by atoms with E-state index < -0.39 is 0 Å². The highest BCUT2D eigenvalue weighted by atomic mass is 16.1. The zero-order valence-electron chi connectivity index (χ0n) is 15.0. The van der Waals surface area contributed by atoms with Crippen molar-refractivity contribution in [3.05, 3.63) is 53.6 Å². The van der Waals surface area contributed by atoms with E-state index in [9.17, 15) is 4.79 Å². The average molecular weight is 336 g/mol. The second-order valence-electron chi connectivity index (χ2n) is 5.77. The maximum atomic E-state index is 12.2. The number of nitrogens with zero attached hydrogens (tertiary/aromatic N) is 2. The molecule has 0 heterocycles.